The number of ether oxygens (including phenoxy) is 1. The van der Waals surface area contributed by atoms with Crippen LogP contribution < -0.4 is 0 Å². The first-order valence-electron chi connectivity index (χ1n) is 4.82. The molecule has 0 spiro atoms. The first kappa shape index (κ1) is 12.7. The van der Waals surface area contributed by atoms with Gasteiger partial charge < -0.3 is 4.74 Å². The van der Waals surface area contributed by atoms with Crippen molar-refractivity contribution in [3.63, 3.8) is 0 Å². The number of carbonyl (C=O) groups is 2. The molecule has 1 aromatic carbocycles. The van der Waals surface area contributed by atoms with E-state index in [1.54, 1.807) is 32.9 Å². The van der Waals surface area contributed by atoms with Crippen LogP contribution in [-0.2, 0) is 4.74 Å². The number of aldehydes is 1. The average molecular weight is 241 g/mol. The van der Waals surface area contributed by atoms with Gasteiger partial charge in [0, 0.05) is 5.56 Å². The third kappa shape index (κ3) is 3.07. The Morgan fingerprint density at radius 1 is 1.38 bits per heavy atom. The fraction of sp³-hybridized carbons (Fsp3) is 0.333. The number of benzene rings is 1. The van der Waals surface area contributed by atoms with Crippen molar-refractivity contribution in [2.45, 2.75) is 26.4 Å². The lowest BCUT2D eigenvalue weighted by Gasteiger charge is -2.20. The third-order valence-electron chi connectivity index (χ3n) is 1.79. The van der Waals surface area contributed by atoms with Crippen LogP contribution in [0.3, 0.4) is 0 Å². The molecule has 0 aliphatic carbocycles. The fourth-order valence-electron chi connectivity index (χ4n) is 1.17. The Kier molecular flexibility index (Phi) is 3.70. The molecule has 0 unspecified atom stereocenters. The molecule has 1 rings (SSSR count). The van der Waals surface area contributed by atoms with Gasteiger partial charge in [-0.05, 0) is 32.9 Å². The summed E-state index contributed by atoms with van der Waals surface area (Å²) in [6.07, 6.45) is 0.557. The van der Waals surface area contributed by atoms with Gasteiger partial charge in [0.2, 0.25) is 0 Å². The van der Waals surface area contributed by atoms with Crippen LogP contribution >= 0.6 is 11.6 Å². The van der Waals surface area contributed by atoms with Crippen molar-refractivity contribution >= 4 is 23.9 Å². The fourth-order valence-corrected chi connectivity index (χ4v) is 1.39. The maximum Gasteiger partial charge on any atom is 0.339 e. The number of hydrogen-bond donors (Lipinski definition) is 0. The molecule has 0 radical (unpaired) electrons. The molecular formula is C12H13ClO3. The lowest BCUT2D eigenvalue weighted by Crippen LogP contribution is -2.24. The Morgan fingerprint density at radius 3 is 2.50 bits per heavy atom. The minimum Gasteiger partial charge on any atom is -0.456 e. The van der Waals surface area contributed by atoms with Gasteiger partial charge in [0.25, 0.3) is 0 Å². The maximum atomic E-state index is 11.8. The highest BCUT2D eigenvalue weighted by Crippen LogP contribution is 2.20. The molecule has 0 aromatic heterocycles. The molecule has 0 heterocycles. The van der Waals surface area contributed by atoms with Gasteiger partial charge >= 0.3 is 5.97 Å². The van der Waals surface area contributed by atoms with Crippen molar-refractivity contribution in [1.82, 2.24) is 0 Å². The van der Waals surface area contributed by atoms with Crippen LogP contribution in [0.2, 0.25) is 5.02 Å². The number of rotatable bonds is 2. The molecule has 0 bridgehead atoms. The first-order chi connectivity index (χ1) is 7.35. The molecule has 4 heteroatoms. The number of hydrogen-bond acceptors (Lipinski definition) is 3. The quantitative estimate of drug-likeness (QED) is 0.589. The lowest BCUT2D eigenvalue weighted by atomic mass is 10.1. The predicted octanol–water partition coefficient (Wildman–Crippen LogP) is 3.11. The number of carbonyl (C=O) groups excluding carboxylic acids is 2. The van der Waals surface area contributed by atoms with E-state index >= 15 is 0 Å². The van der Waals surface area contributed by atoms with Crippen LogP contribution in [0, 0.1) is 0 Å². The first-order valence-corrected chi connectivity index (χ1v) is 5.20. The van der Waals surface area contributed by atoms with Crippen LogP contribution in [-0.4, -0.2) is 17.9 Å². The van der Waals surface area contributed by atoms with Crippen LogP contribution in [0.1, 0.15) is 41.5 Å². The zero-order valence-electron chi connectivity index (χ0n) is 9.41. The van der Waals surface area contributed by atoms with E-state index in [0.29, 0.717) is 6.29 Å². The summed E-state index contributed by atoms with van der Waals surface area (Å²) in [5.74, 6) is -0.544. The summed E-state index contributed by atoms with van der Waals surface area (Å²) >= 11 is 5.81. The van der Waals surface area contributed by atoms with E-state index in [1.807, 2.05) is 0 Å². The second-order valence-electron chi connectivity index (χ2n) is 4.32. The van der Waals surface area contributed by atoms with Gasteiger partial charge in [0.15, 0.2) is 6.29 Å². The molecule has 0 saturated carbocycles. The van der Waals surface area contributed by atoms with E-state index < -0.39 is 11.6 Å². The Labute approximate surface area is 99.4 Å². The minimum atomic E-state index is -0.598. The molecule has 3 nitrogen and oxygen atoms in total. The highest BCUT2D eigenvalue weighted by Gasteiger charge is 2.21. The van der Waals surface area contributed by atoms with Crippen LogP contribution in [0.5, 0.6) is 0 Å². The molecular weight excluding hydrogens is 228 g/mol. The van der Waals surface area contributed by atoms with Crippen molar-refractivity contribution < 1.29 is 14.3 Å². The van der Waals surface area contributed by atoms with Crippen molar-refractivity contribution in [2.24, 2.45) is 0 Å². The third-order valence-corrected chi connectivity index (χ3v) is 2.12. The van der Waals surface area contributed by atoms with Crippen molar-refractivity contribution in [3.05, 3.63) is 34.3 Å². The molecule has 86 valence electrons. The van der Waals surface area contributed by atoms with E-state index in [9.17, 15) is 9.59 Å². The minimum absolute atomic E-state index is 0.165. The second-order valence-corrected chi connectivity index (χ2v) is 4.73. The summed E-state index contributed by atoms with van der Waals surface area (Å²) in [5.41, 5.74) is -0.240. The van der Waals surface area contributed by atoms with Crippen LogP contribution in [0.15, 0.2) is 18.2 Å². The van der Waals surface area contributed by atoms with Gasteiger partial charge in [0.05, 0.1) is 10.6 Å². The largest absolute Gasteiger partial charge is 0.456 e. The molecule has 0 amide bonds. The Hall–Kier alpha value is -1.35. The molecule has 0 N–H and O–H groups in total. The van der Waals surface area contributed by atoms with E-state index in [2.05, 4.69) is 0 Å². The number of esters is 1. The highest BCUT2D eigenvalue weighted by atomic mass is 35.5. The molecule has 0 aliphatic rings. The smallest absolute Gasteiger partial charge is 0.339 e. The monoisotopic (exact) mass is 240 g/mol. The zero-order chi connectivity index (χ0) is 12.3. The second kappa shape index (κ2) is 4.66. The number of halogens is 1. The Morgan fingerprint density at radius 2 is 2.00 bits per heavy atom. The van der Waals surface area contributed by atoms with E-state index in [4.69, 9.17) is 16.3 Å². The summed E-state index contributed by atoms with van der Waals surface area (Å²) in [7, 11) is 0. The van der Waals surface area contributed by atoms with Gasteiger partial charge in [-0.2, -0.15) is 0 Å². The van der Waals surface area contributed by atoms with Gasteiger partial charge in [-0.15, -0.1) is 0 Å². The predicted molar refractivity (Wildman–Crippen MR) is 62.0 cm³/mol. The molecule has 16 heavy (non-hydrogen) atoms. The van der Waals surface area contributed by atoms with Crippen molar-refractivity contribution in [3.8, 4) is 0 Å². The summed E-state index contributed by atoms with van der Waals surface area (Å²) in [6.45, 7) is 5.28. The van der Waals surface area contributed by atoms with Crippen molar-refractivity contribution in [1.29, 1.82) is 0 Å². The molecule has 0 fully saturated rings. The summed E-state index contributed by atoms with van der Waals surface area (Å²) < 4.78 is 5.16. The Bertz CT molecular complexity index is 419. The van der Waals surface area contributed by atoms with E-state index in [0.717, 1.165) is 0 Å². The normalized spacial score (nSPS) is 11.0. The molecule has 0 atom stereocenters. The summed E-state index contributed by atoms with van der Waals surface area (Å²) in [4.78, 5) is 22.6. The lowest BCUT2D eigenvalue weighted by molar-refractivity contribution is 0.00683. The van der Waals surface area contributed by atoms with Crippen LogP contribution in [0.25, 0.3) is 0 Å². The average Bonchev–Trinajstić information content (AvgIpc) is 2.14. The zero-order valence-corrected chi connectivity index (χ0v) is 10.2. The van der Waals surface area contributed by atoms with Gasteiger partial charge in [-0.25, -0.2) is 4.79 Å². The summed E-state index contributed by atoms with van der Waals surface area (Å²) in [6, 6.07) is 4.68. The van der Waals surface area contributed by atoms with E-state index in [1.165, 1.54) is 6.07 Å². The summed E-state index contributed by atoms with van der Waals surface area (Å²) in [5, 5.41) is 0.248. The molecule has 0 aliphatic heterocycles. The Balaban J connectivity index is 3.09. The SMILES string of the molecule is CC(C)(C)OC(=O)c1cccc(Cl)c1C=O. The topological polar surface area (TPSA) is 43.4 Å². The van der Waals surface area contributed by atoms with Crippen molar-refractivity contribution in [2.75, 3.05) is 0 Å². The highest BCUT2D eigenvalue weighted by molar-refractivity contribution is 6.33. The maximum absolute atomic E-state index is 11.8. The van der Waals surface area contributed by atoms with Gasteiger partial charge in [-0.3, -0.25) is 4.79 Å². The van der Waals surface area contributed by atoms with E-state index in [-0.39, 0.29) is 16.1 Å². The van der Waals surface area contributed by atoms with Gasteiger partial charge in [-0.1, -0.05) is 17.7 Å². The van der Waals surface area contributed by atoms with Gasteiger partial charge in [0.1, 0.15) is 5.60 Å². The van der Waals surface area contributed by atoms with Crippen LogP contribution in [0.4, 0.5) is 0 Å². The molecule has 1 aromatic rings. The standard InChI is InChI=1S/C12H13ClO3/c1-12(2,3)16-11(15)8-5-4-6-10(13)9(8)7-14/h4-7H,1-3H3. The molecule has 0 saturated heterocycles.